The lowest BCUT2D eigenvalue weighted by atomic mass is 10.1. The third-order valence-corrected chi connectivity index (χ3v) is 3.37. The Kier molecular flexibility index (Phi) is 14.4. The predicted octanol–water partition coefficient (Wildman–Crippen LogP) is 3.07. The van der Waals surface area contributed by atoms with Crippen molar-refractivity contribution in [1.82, 2.24) is 0 Å². The van der Waals surface area contributed by atoms with E-state index < -0.39 is 11.9 Å². The van der Waals surface area contributed by atoms with Crippen LogP contribution < -0.4 is 0 Å². The normalized spacial score (nSPS) is 10.0. The Morgan fingerprint density at radius 2 is 0.818 bits per heavy atom. The van der Waals surface area contributed by atoms with E-state index in [2.05, 4.69) is 9.47 Å². The average Bonchev–Trinajstić information content (AvgIpc) is 2.49. The highest BCUT2D eigenvalue weighted by Crippen LogP contribution is 2.12. The van der Waals surface area contributed by atoms with Crippen molar-refractivity contribution in [2.75, 3.05) is 0 Å². The summed E-state index contributed by atoms with van der Waals surface area (Å²) >= 11 is 0. The fourth-order valence-electron chi connectivity index (χ4n) is 2.18. The van der Waals surface area contributed by atoms with E-state index in [4.69, 9.17) is 0 Å². The highest BCUT2D eigenvalue weighted by atomic mass is 16.6. The van der Waals surface area contributed by atoms with Crippen LogP contribution in [-0.2, 0) is 28.7 Å². The molecule has 0 aliphatic rings. The third-order valence-electron chi connectivity index (χ3n) is 3.37. The monoisotopic (exact) mass is 314 g/mol. The van der Waals surface area contributed by atoms with Crippen molar-refractivity contribution in [3.05, 3.63) is 0 Å². The molecule has 0 spiro atoms. The molecule has 0 N–H and O–H groups in total. The zero-order valence-electron chi connectivity index (χ0n) is 13.1. The Morgan fingerprint density at radius 3 is 1.09 bits per heavy atom. The summed E-state index contributed by atoms with van der Waals surface area (Å²) in [6.45, 7) is 0.348. The van der Waals surface area contributed by atoms with Gasteiger partial charge in [-0.25, -0.2) is 0 Å². The molecular weight excluding hydrogens is 288 g/mol. The van der Waals surface area contributed by atoms with E-state index in [0.29, 0.717) is 12.8 Å². The molecule has 0 bridgehead atoms. The number of rotatable bonds is 15. The van der Waals surface area contributed by atoms with Crippen LogP contribution in [0.5, 0.6) is 0 Å². The van der Waals surface area contributed by atoms with E-state index in [-0.39, 0.29) is 12.9 Å². The number of ether oxygens (including phenoxy) is 2. The Bertz CT molecular complexity index is 295. The number of carbonyl (C=O) groups is 4. The zero-order valence-corrected chi connectivity index (χ0v) is 13.1. The van der Waals surface area contributed by atoms with Gasteiger partial charge in [0, 0.05) is 12.8 Å². The molecule has 0 aromatic carbocycles. The smallest absolute Gasteiger partial charge is 0.313 e. The highest BCUT2D eigenvalue weighted by Gasteiger charge is 2.02. The first-order valence-corrected chi connectivity index (χ1v) is 7.97. The lowest BCUT2D eigenvalue weighted by Gasteiger charge is -2.02. The molecule has 0 aliphatic carbocycles. The van der Waals surface area contributed by atoms with E-state index >= 15 is 0 Å². The number of unbranched alkanes of at least 4 members (excludes halogenated alkanes) is 9. The molecule has 0 heterocycles. The lowest BCUT2D eigenvalue weighted by Crippen LogP contribution is -2.01. The van der Waals surface area contributed by atoms with Gasteiger partial charge in [-0.1, -0.05) is 51.4 Å². The molecule has 0 saturated carbocycles. The van der Waals surface area contributed by atoms with E-state index in [0.717, 1.165) is 51.4 Å². The Morgan fingerprint density at radius 1 is 0.545 bits per heavy atom. The minimum Gasteiger partial charge on any atom is -0.395 e. The second-order valence-corrected chi connectivity index (χ2v) is 5.21. The van der Waals surface area contributed by atoms with Gasteiger partial charge in [0.25, 0.3) is 0 Å². The quantitative estimate of drug-likeness (QED) is 0.200. The summed E-state index contributed by atoms with van der Waals surface area (Å²) in [6.07, 6.45) is 10.9. The first-order chi connectivity index (χ1) is 10.7. The summed E-state index contributed by atoms with van der Waals surface area (Å²) in [4.78, 5) is 41.6. The van der Waals surface area contributed by atoms with E-state index in [1.54, 1.807) is 0 Å². The van der Waals surface area contributed by atoms with Crippen LogP contribution in [0.25, 0.3) is 0 Å². The molecule has 0 unspecified atom stereocenters. The number of hydrogen-bond acceptors (Lipinski definition) is 6. The standard InChI is InChI=1S/C16H26O6/c17-13-21-15(19)11-9-7-5-3-1-2-4-6-8-10-12-16(20)22-14-18/h13-14H,1-12H2. The third kappa shape index (κ3) is 14.7. The summed E-state index contributed by atoms with van der Waals surface area (Å²) in [5.74, 6) is -0.904. The van der Waals surface area contributed by atoms with Crippen molar-refractivity contribution in [3.8, 4) is 0 Å². The molecule has 6 nitrogen and oxygen atoms in total. The second-order valence-electron chi connectivity index (χ2n) is 5.21. The van der Waals surface area contributed by atoms with Crippen LogP contribution in [0.15, 0.2) is 0 Å². The van der Waals surface area contributed by atoms with Crippen LogP contribution in [-0.4, -0.2) is 24.9 Å². The van der Waals surface area contributed by atoms with Gasteiger partial charge in [0.15, 0.2) is 0 Å². The topological polar surface area (TPSA) is 86.7 Å². The lowest BCUT2D eigenvalue weighted by molar-refractivity contribution is -0.153. The molecule has 0 radical (unpaired) electrons. The van der Waals surface area contributed by atoms with Crippen LogP contribution in [0.2, 0.25) is 0 Å². The molecular formula is C16H26O6. The van der Waals surface area contributed by atoms with Gasteiger partial charge in [0.05, 0.1) is 0 Å². The summed E-state index contributed by atoms with van der Waals surface area (Å²) in [5, 5.41) is 0. The van der Waals surface area contributed by atoms with Crippen LogP contribution in [0.3, 0.4) is 0 Å². The van der Waals surface area contributed by atoms with E-state index in [9.17, 15) is 19.2 Å². The van der Waals surface area contributed by atoms with Crippen molar-refractivity contribution in [3.63, 3.8) is 0 Å². The van der Waals surface area contributed by atoms with Crippen molar-refractivity contribution in [2.24, 2.45) is 0 Å². The first-order valence-electron chi connectivity index (χ1n) is 7.97. The van der Waals surface area contributed by atoms with Crippen molar-refractivity contribution in [1.29, 1.82) is 0 Å². The summed E-state index contributed by atoms with van der Waals surface area (Å²) < 4.78 is 8.39. The summed E-state index contributed by atoms with van der Waals surface area (Å²) in [5.41, 5.74) is 0. The molecule has 0 rings (SSSR count). The van der Waals surface area contributed by atoms with Gasteiger partial charge in [-0.15, -0.1) is 0 Å². The van der Waals surface area contributed by atoms with E-state index in [1.165, 1.54) is 12.8 Å². The molecule has 0 atom stereocenters. The van der Waals surface area contributed by atoms with Gasteiger partial charge in [0.2, 0.25) is 0 Å². The van der Waals surface area contributed by atoms with Crippen molar-refractivity contribution < 1.29 is 28.7 Å². The fourth-order valence-corrected chi connectivity index (χ4v) is 2.18. The van der Waals surface area contributed by atoms with Crippen LogP contribution >= 0.6 is 0 Å². The summed E-state index contributed by atoms with van der Waals surface area (Å²) in [6, 6.07) is 0. The van der Waals surface area contributed by atoms with Crippen molar-refractivity contribution in [2.45, 2.75) is 77.0 Å². The summed E-state index contributed by atoms with van der Waals surface area (Å²) in [7, 11) is 0. The maximum absolute atomic E-state index is 10.9. The van der Waals surface area contributed by atoms with Gasteiger partial charge in [0.1, 0.15) is 0 Å². The van der Waals surface area contributed by atoms with Gasteiger partial charge in [-0.05, 0) is 12.8 Å². The number of esters is 2. The van der Waals surface area contributed by atoms with Crippen LogP contribution in [0, 0.1) is 0 Å². The Labute approximate surface area is 131 Å². The minimum atomic E-state index is -0.452. The van der Waals surface area contributed by atoms with E-state index in [1.807, 2.05) is 0 Å². The maximum atomic E-state index is 10.9. The highest BCUT2D eigenvalue weighted by molar-refractivity contribution is 5.76. The fraction of sp³-hybridized carbons (Fsp3) is 0.750. The largest absolute Gasteiger partial charge is 0.395 e. The van der Waals surface area contributed by atoms with Crippen LogP contribution in [0.4, 0.5) is 0 Å². The zero-order chi connectivity index (χ0) is 16.5. The number of hydrogen-bond donors (Lipinski definition) is 0. The van der Waals surface area contributed by atoms with Crippen LogP contribution in [0.1, 0.15) is 77.0 Å². The predicted molar refractivity (Wildman–Crippen MR) is 79.7 cm³/mol. The van der Waals surface area contributed by atoms with Crippen molar-refractivity contribution >= 4 is 24.9 Å². The molecule has 0 aromatic rings. The molecule has 22 heavy (non-hydrogen) atoms. The first kappa shape index (κ1) is 20.3. The van der Waals surface area contributed by atoms with Gasteiger partial charge < -0.3 is 9.47 Å². The average molecular weight is 314 g/mol. The molecule has 0 fully saturated rings. The molecule has 0 saturated heterocycles. The molecule has 0 aromatic heterocycles. The Balaban J connectivity index is 3.14. The second kappa shape index (κ2) is 15.7. The van der Waals surface area contributed by atoms with Gasteiger partial charge in [-0.2, -0.15) is 0 Å². The molecule has 0 aliphatic heterocycles. The van der Waals surface area contributed by atoms with Gasteiger partial charge in [-0.3, -0.25) is 19.2 Å². The molecule has 6 heteroatoms. The number of carbonyl (C=O) groups excluding carboxylic acids is 4. The maximum Gasteiger partial charge on any atom is 0.313 e. The molecule has 0 amide bonds. The minimum absolute atomic E-state index is 0.174. The van der Waals surface area contributed by atoms with Gasteiger partial charge >= 0.3 is 24.9 Å². The molecule has 126 valence electrons. The SMILES string of the molecule is O=COC(=O)CCCCCCCCCCCCC(=O)OC=O. The Hall–Kier alpha value is -1.72.